The maximum atomic E-state index is 12.5. The highest BCUT2D eigenvalue weighted by molar-refractivity contribution is 5.76. The maximum absolute atomic E-state index is 12.5. The number of nitrogens with zero attached hydrogens (tertiary/aromatic N) is 1. The number of aliphatic hydroxyl groups is 2. The molecule has 0 aromatic rings. The predicted octanol–water partition coefficient (Wildman–Crippen LogP) is 6.41. The van der Waals surface area contributed by atoms with E-state index in [2.05, 4.69) is 52.8 Å². The lowest BCUT2D eigenvalue weighted by Crippen LogP contribution is -2.41. The Morgan fingerprint density at radius 3 is 2.52 bits per heavy atom. The van der Waals surface area contributed by atoms with Crippen LogP contribution in [0.1, 0.15) is 112 Å². The molecular formula is C29H51NO3. The molecule has 0 heterocycles. The summed E-state index contributed by atoms with van der Waals surface area (Å²) in [5.41, 5.74) is 0.902. The summed E-state index contributed by atoms with van der Waals surface area (Å²) in [5.74, 6) is 1.50. The first kappa shape index (κ1) is 28.1. The third-order valence-corrected chi connectivity index (χ3v) is 7.72. The summed E-state index contributed by atoms with van der Waals surface area (Å²) in [6.45, 7) is 12.4. The summed E-state index contributed by atoms with van der Waals surface area (Å²) in [6.07, 6.45) is 17.1. The van der Waals surface area contributed by atoms with Gasteiger partial charge in [-0.25, -0.2) is 0 Å². The molecule has 33 heavy (non-hydrogen) atoms. The Morgan fingerprint density at radius 2 is 1.88 bits per heavy atom. The molecule has 4 heteroatoms. The van der Waals surface area contributed by atoms with E-state index >= 15 is 0 Å². The monoisotopic (exact) mass is 461 g/mol. The van der Waals surface area contributed by atoms with Crippen LogP contribution < -0.4 is 0 Å². The van der Waals surface area contributed by atoms with Crippen molar-refractivity contribution >= 4 is 5.91 Å². The molecule has 0 aromatic carbocycles. The summed E-state index contributed by atoms with van der Waals surface area (Å²) < 4.78 is 0. The minimum atomic E-state index is -0.642. The molecule has 1 saturated carbocycles. The molecular weight excluding hydrogens is 410 g/mol. The second-order valence-electron chi connectivity index (χ2n) is 11.5. The van der Waals surface area contributed by atoms with E-state index in [0.29, 0.717) is 24.7 Å². The van der Waals surface area contributed by atoms with Crippen molar-refractivity contribution in [1.29, 1.82) is 0 Å². The second-order valence-corrected chi connectivity index (χ2v) is 11.5. The van der Waals surface area contributed by atoms with Gasteiger partial charge in [0.05, 0.1) is 11.7 Å². The second kappa shape index (κ2) is 13.1. The first-order valence-electron chi connectivity index (χ1n) is 13.6. The normalized spacial score (nSPS) is 26.8. The van der Waals surface area contributed by atoms with Gasteiger partial charge >= 0.3 is 0 Å². The molecule has 2 aliphatic carbocycles. The van der Waals surface area contributed by atoms with E-state index in [4.69, 9.17) is 0 Å². The van der Waals surface area contributed by atoms with Gasteiger partial charge < -0.3 is 15.1 Å². The Kier molecular flexibility index (Phi) is 11.2. The van der Waals surface area contributed by atoms with Crippen LogP contribution in [-0.2, 0) is 4.79 Å². The number of amides is 1. The smallest absolute Gasteiger partial charge is 0.223 e. The quantitative estimate of drug-likeness (QED) is 0.232. The zero-order chi connectivity index (χ0) is 24.6. The van der Waals surface area contributed by atoms with Crippen LogP contribution in [0.15, 0.2) is 23.8 Å². The lowest BCUT2D eigenvalue weighted by Gasteiger charge is -2.30. The van der Waals surface area contributed by atoms with E-state index in [-0.39, 0.29) is 30.0 Å². The minimum Gasteiger partial charge on any atom is -0.392 e. The molecule has 5 atom stereocenters. The number of fused-ring (bicyclic) bond motifs is 1. The van der Waals surface area contributed by atoms with Crippen molar-refractivity contribution in [2.24, 2.45) is 17.8 Å². The van der Waals surface area contributed by atoms with E-state index in [9.17, 15) is 15.0 Å². The van der Waals surface area contributed by atoms with Gasteiger partial charge in [0.15, 0.2) is 0 Å². The molecule has 0 saturated heterocycles. The summed E-state index contributed by atoms with van der Waals surface area (Å²) in [4.78, 5) is 14.5. The molecule has 0 radical (unpaired) electrons. The van der Waals surface area contributed by atoms with Crippen LogP contribution >= 0.6 is 0 Å². The zero-order valence-corrected chi connectivity index (χ0v) is 22.2. The van der Waals surface area contributed by atoms with Gasteiger partial charge in [-0.05, 0) is 91.4 Å². The van der Waals surface area contributed by atoms with Crippen LogP contribution in [0.4, 0.5) is 0 Å². The van der Waals surface area contributed by atoms with Gasteiger partial charge in [0, 0.05) is 24.4 Å². The van der Waals surface area contributed by atoms with Crippen LogP contribution in [0.5, 0.6) is 0 Å². The van der Waals surface area contributed by atoms with Gasteiger partial charge in [0.2, 0.25) is 5.91 Å². The Balaban J connectivity index is 1.73. The van der Waals surface area contributed by atoms with Crippen molar-refractivity contribution < 1.29 is 15.0 Å². The SMILES string of the molecule is CCCC[C@](C)(O)C/C=C/[C@@H]1[C@H]2CC(CCCCCC(=O)N(C(C)C)C(C)C)=C[C@H]2C[C@H]1O. The van der Waals surface area contributed by atoms with Crippen molar-refractivity contribution in [3.63, 3.8) is 0 Å². The van der Waals surface area contributed by atoms with Gasteiger partial charge in [0.25, 0.3) is 0 Å². The third-order valence-electron chi connectivity index (χ3n) is 7.72. The van der Waals surface area contributed by atoms with Crippen molar-refractivity contribution in [2.75, 3.05) is 0 Å². The largest absolute Gasteiger partial charge is 0.392 e. The van der Waals surface area contributed by atoms with Gasteiger partial charge in [-0.2, -0.15) is 0 Å². The highest BCUT2D eigenvalue weighted by Gasteiger charge is 2.43. The van der Waals surface area contributed by atoms with Crippen LogP contribution in [0.25, 0.3) is 0 Å². The van der Waals surface area contributed by atoms with E-state index in [1.165, 1.54) is 0 Å². The molecule has 2 N–H and O–H groups in total. The molecule has 4 nitrogen and oxygen atoms in total. The van der Waals surface area contributed by atoms with Gasteiger partial charge in [-0.15, -0.1) is 0 Å². The number of allylic oxidation sites excluding steroid dienone is 2. The summed E-state index contributed by atoms with van der Waals surface area (Å²) >= 11 is 0. The fraction of sp³-hybridized carbons (Fsp3) is 0.828. The molecule has 190 valence electrons. The van der Waals surface area contributed by atoms with Crippen molar-refractivity contribution in [2.45, 2.75) is 136 Å². The van der Waals surface area contributed by atoms with E-state index in [1.54, 1.807) is 5.57 Å². The Hall–Kier alpha value is -1.13. The molecule has 2 aliphatic rings. The molecule has 0 spiro atoms. The molecule has 0 unspecified atom stereocenters. The average molecular weight is 462 g/mol. The third kappa shape index (κ3) is 8.55. The van der Waals surface area contributed by atoms with Gasteiger partial charge in [0.1, 0.15) is 0 Å². The molecule has 0 bridgehead atoms. The number of hydrogen-bond donors (Lipinski definition) is 2. The van der Waals surface area contributed by atoms with Crippen molar-refractivity contribution in [3.8, 4) is 0 Å². The number of carbonyl (C=O) groups excluding carboxylic acids is 1. The number of aliphatic hydroxyl groups excluding tert-OH is 1. The number of rotatable bonds is 14. The Labute approximate surface area is 203 Å². The van der Waals surface area contributed by atoms with Crippen molar-refractivity contribution in [3.05, 3.63) is 23.8 Å². The van der Waals surface area contributed by atoms with E-state index < -0.39 is 5.60 Å². The van der Waals surface area contributed by atoms with Crippen LogP contribution in [-0.4, -0.2) is 44.8 Å². The molecule has 0 aromatic heterocycles. The molecule has 2 rings (SSSR count). The number of hydrogen-bond acceptors (Lipinski definition) is 3. The first-order chi connectivity index (χ1) is 15.6. The zero-order valence-electron chi connectivity index (χ0n) is 22.2. The molecule has 1 amide bonds. The van der Waals surface area contributed by atoms with Gasteiger partial charge in [-0.3, -0.25) is 4.79 Å². The predicted molar refractivity (Wildman–Crippen MR) is 138 cm³/mol. The maximum Gasteiger partial charge on any atom is 0.223 e. The molecule has 0 aliphatic heterocycles. The van der Waals surface area contributed by atoms with Crippen molar-refractivity contribution in [1.82, 2.24) is 4.90 Å². The highest BCUT2D eigenvalue weighted by Crippen LogP contribution is 2.48. The Morgan fingerprint density at radius 1 is 1.18 bits per heavy atom. The lowest BCUT2D eigenvalue weighted by atomic mass is 9.87. The minimum absolute atomic E-state index is 0.210. The Bertz CT molecular complexity index is 656. The van der Waals surface area contributed by atoms with Crippen LogP contribution in [0, 0.1) is 17.8 Å². The van der Waals surface area contributed by atoms with Crippen LogP contribution in [0.2, 0.25) is 0 Å². The summed E-state index contributed by atoms with van der Waals surface area (Å²) in [7, 11) is 0. The van der Waals surface area contributed by atoms with Crippen LogP contribution in [0.3, 0.4) is 0 Å². The molecule has 1 fully saturated rings. The average Bonchev–Trinajstić information content (AvgIpc) is 3.22. The summed E-state index contributed by atoms with van der Waals surface area (Å²) in [6, 6.07) is 0.528. The van der Waals surface area contributed by atoms with Gasteiger partial charge in [-0.1, -0.05) is 50.0 Å². The number of unbranched alkanes of at least 4 members (excludes halogenated alkanes) is 3. The highest BCUT2D eigenvalue weighted by atomic mass is 16.3. The first-order valence-corrected chi connectivity index (χ1v) is 13.6. The fourth-order valence-electron chi connectivity index (χ4n) is 6.04. The van der Waals surface area contributed by atoms with E-state index in [0.717, 1.165) is 57.8 Å². The summed E-state index contributed by atoms with van der Waals surface area (Å²) in [5, 5.41) is 21.1. The fourth-order valence-corrected chi connectivity index (χ4v) is 6.04. The topological polar surface area (TPSA) is 60.8 Å². The lowest BCUT2D eigenvalue weighted by molar-refractivity contribution is -0.134. The standard InChI is InChI=1S/C29H51NO3/c1-7-8-16-29(6,33)17-12-14-25-26-19-23(18-24(26)20-27(25)31)13-10-9-11-15-28(32)30(21(2)3)22(4)5/h12,14,18,21-22,24-27,31,33H,7-11,13,15-17,19-20H2,1-6H3/b14-12+/t24-,25+,26-,27+,29-/m0/s1. The van der Waals surface area contributed by atoms with E-state index in [1.807, 2.05) is 11.8 Å². The number of carbonyl (C=O) groups is 1.